The van der Waals surface area contributed by atoms with Gasteiger partial charge < -0.3 is 13.9 Å². The fourth-order valence-electron chi connectivity index (χ4n) is 3.61. The summed E-state index contributed by atoms with van der Waals surface area (Å²) in [5, 5.41) is 1.02. The molecule has 0 aliphatic rings. The smallest absolute Gasteiger partial charge is 0.310 e. The number of fused-ring (bicyclic) bond motifs is 1. The van der Waals surface area contributed by atoms with E-state index in [4.69, 9.17) is 13.9 Å². The van der Waals surface area contributed by atoms with Crippen LogP contribution in [0.15, 0.2) is 77.3 Å². The molecule has 3 rings (SSSR count). The summed E-state index contributed by atoms with van der Waals surface area (Å²) in [6.45, 7) is 16.5. The van der Waals surface area contributed by atoms with Crippen molar-refractivity contribution in [1.29, 1.82) is 0 Å². The monoisotopic (exact) mass is 460 g/mol. The standard InChI is InChI=1S/C28H30O4.C2H6/c1-6-10-22(13-19(3)4)25-16-21(15-24-14-20(5)32-28(24)25)18-31-26-12-9-8-11-23(26)17-27(29)30-7-2;1-2/h6,8-16H,1,7,17-18H2,2-5H3;1-2H3/b22-10+;. The topological polar surface area (TPSA) is 48.7 Å². The number of allylic oxidation sites excluding steroid dienone is 5. The average Bonchev–Trinajstić information content (AvgIpc) is 3.19. The third kappa shape index (κ3) is 7.24. The number of hydrogen-bond acceptors (Lipinski definition) is 4. The SMILES string of the molecule is C=C/C=C(\C=C(C)C)c1cc(COc2ccccc2CC(=O)OCC)cc2cc(C)oc12.CC. The van der Waals surface area contributed by atoms with E-state index in [9.17, 15) is 4.79 Å². The van der Waals surface area contributed by atoms with E-state index in [0.717, 1.165) is 39.0 Å². The first-order chi connectivity index (χ1) is 16.4. The molecule has 0 unspecified atom stereocenters. The summed E-state index contributed by atoms with van der Waals surface area (Å²) in [5.74, 6) is 1.27. The lowest BCUT2D eigenvalue weighted by molar-refractivity contribution is -0.142. The van der Waals surface area contributed by atoms with Crippen LogP contribution in [0.1, 0.15) is 57.1 Å². The molecule has 0 saturated heterocycles. The van der Waals surface area contributed by atoms with Crippen molar-refractivity contribution >= 4 is 22.5 Å². The van der Waals surface area contributed by atoms with E-state index in [2.05, 4.69) is 38.6 Å². The summed E-state index contributed by atoms with van der Waals surface area (Å²) in [6.07, 6.45) is 6.07. The van der Waals surface area contributed by atoms with E-state index < -0.39 is 0 Å². The van der Waals surface area contributed by atoms with Gasteiger partial charge in [0.15, 0.2) is 0 Å². The lowest BCUT2D eigenvalue weighted by Gasteiger charge is -2.13. The predicted octanol–water partition coefficient (Wildman–Crippen LogP) is 7.99. The van der Waals surface area contributed by atoms with E-state index in [0.29, 0.717) is 19.0 Å². The van der Waals surface area contributed by atoms with Crippen LogP contribution < -0.4 is 4.74 Å². The Morgan fingerprint density at radius 3 is 2.53 bits per heavy atom. The van der Waals surface area contributed by atoms with Crippen LogP contribution in [0.5, 0.6) is 5.75 Å². The predicted molar refractivity (Wildman–Crippen MR) is 141 cm³/mol. The molecule has 0 radical (unpaired) electrons. The van der Waals surface area contributed by atoms with E-state index in [1.165, 1.54) is 5.57 Å². The highest BCUT2D eigenvalue weighted by Crippen LogP contribution is 2.32. The van der Waals surface area contributed by atoms with Gasteiger partial charge in [0.2, 0.25) is 0 Å². The zero-order valence-electron chi connectivity index (χ0n) is 21.2. The van der Waals surface area contributed by atoms with Crippen molar-refractivity contribution in [3.05, 3.63) is 95.3 Å². The molecule has 0 spiro atoms. The Bertz CT molecular complexity index is 1170. The van der Waals surface area contributed by atoms with Gasteiger partial charge in [-0.15, -0.1) is 0 Å². The molecule has 180 valence electrons. The second kappa shape index (κ2) is 13.2. The van der Waals surface area contributed by atoms with E-state index in [1.807, 2.05) is 57.2 Å². The quantitative estimate of drug-likeness (QED) is 0.240. The van der Waals surface area contributed by atoms with Crippen LogP contribution in [0, 0.1) is 6.92 Å². The van der Waals surface area contributed by atoms with Crippen LogP contribution in [0.4, 0.5) is 0 Å². The molecule has 0 bridgehead atoms. The van der Waals surface area contributed by atoms with Gasteiger partial charge >= 0.3 is 5.97 Å². The zero-order chi connectivity index (χ0) is 25.1. The van der Waals surface area contributed by atoms with E-state index in [1.54, 1.807) is 13.0 Å². The lowest BCUT2D eigenvalue weighted by Crippen LogP contribution is -2.09. The summed E-state index contributed by atoms with van der Waals surface area (Å²) in [6, 6.07) is 13.8. The molecule has 0 aliphatic heterocycles. The van der Waals surface area contributed by atoms with Gasteiger partial charge in [0.25, 0.3) is 0 Å². The van der Waals surface area contributed by atoms with Crippen molar-refractivity contribution in [1.82, 2.24) is 0 Å². The first-order valence-corrected chi connectivity index (χ1v) is 11.8. The minimum atomic E-state index is -0.262. The number of carbonyl (C=O) groups excluding carboxylic acids is 1. The Balaban J connectivity index is 0.00000199. The fourth-order valence-corrected chi connectivity index (χ4v) is 3.61. The number of rotatable bonds is 9. The van der Waals surface area contributed by atoms with Crippen molar-refractivity contribution in [2.24, 2.45) is 0 Å². The number of para-hydroxylation sites is 1. The zero-order valence-corrected chi connectivity index (χ0v) is 21.2. The highest BCUT2D eigenvalue weighted by Gasteiger charge is 2.14. The molecule has 0 atom stereocenters. The molecule has 3 aromatic rings. The van der Waals surface area contributed by atoms with Crippen LogP contribution in [-0.4, -0.2) is 12.6 Å². The first-order valence-electron chi connectivity index (χ1n) is 11.8. The Hall–Kier alpha value is -3.53. The number of benzene rings is 2. The number of carbonyl (C=O) groups is 1. The largest absolute Gasteiger partial charge is 0.489 e. The van der Waals surface area contributed by atoms with Crippen LogP contribution >= 0.6 is 0 Å². The van der Waals surface area contributed by atoms with Crippen LogP contribution in [0.25, 0.3) is 16.5 Å². The summed E-state index contributed by atoms with van der Waals surface area (Å²) in [7, 11) is 0. The molecule has 1 aromatic heterocycles. The fraction of sp³-hybridized carbons (Fsp3) is 0.300. The van der Waals surface area contributed by atoms with Gasteiger partial charge in [-0.25, -0.2) is 0 Å². The number of esters is 1. The minimum Gasteiger partial charge on any atom is -0.489 e. The maximum atomic E-state index is 11.9. The lowest BCUT2D eigenvalue weighted by atomic mass is 9.98. The summed E-state index contributed by atoms with van der Waals surface area (Å²) in [4.78, 5) is 11.9. The maximum Gasteiger partial charge on any atom is 0.310 e. The van der Waals surface area contributed by atoms with Crippen LogP contribution in [0.2, 0.25) is 0 Å². The van der Waals surface area contributed by atoms with Crippen molar-refractivity contribution in [3.63, 3.8) is 0 Å². The minimum absolute atomic E-state index is 0.183. The summed E-state index contributed by atoms with van der Waals surface area (Å²) in [5.41, 5.74) is 5.88. The van der Waals surface area contributed by atoms with Crippen LogP contribution in [-0.2, 0) is 22.6 Å². The molecule has 4 nitrogen and oxygen atoms in total. The van der Waals surface area contributed by atoms with Gasteiger partial charge in [-0.3, -0.25) is 4.79 Å². The molecule has 1 heterocycles. The highest BCUT2D eigenvalue weighted by atomic mass is 16.5. The first kappa shape index (κ1) is 26.7. The Kier molecular flexibility index (Phi) is 10.4. The third-order valence-electron chi connectivity index (χ3n) is 4.86. The molecule has 0 aliphatic carbocycles. The van der Waals surface area contributed by atoms with Gasteiger partial charge in [-0.2, -0.15) is 0 Å². The van der Waals surface area contributed by atoms with Crippen LogP contribution in [0.3, 0.4) is 0 Å². The molecular weight excluding hydrogens is 424 g/mol. The summed E-state index contributed by atoms with van der Waals surface area (Å²) >= 11 is 0. The van der Waals surface area contributed by atoms with Gasteiger partial charge in [0.05, 0.1) is 13.0 Å². The molecule has 2 aromatic carbocycles. The number of aryl methyl sites for hydroxylation is 1. The highest BCUT2D eigenvalue weighted by molar-refractivity contribution is 5.94. The summed E-state index contributed by atoms with van der Waals surface area (Å²) < 4.78 is 17.2. The molecule has 4 heteroatoms. The van der Waals surface area contributed by atoms with Crippen molar-refractivity contribution in [2.45, 2.75) is 54.6 Å². The Labute approximate surface area is 203 Å². The van der Waals surface area contributed by atoms with Crippen molar-refractivity contribution in [2.75, 3.05) is 6.61 Å². The second-order valence-electron chi connectivity index (χ2n) is 7.88. The second-order valence-corrected chi connectivity index (χ2v) is 7.88. The third-order valence-corrected chi connectivity index (χ3v) is 4.86. The Morgan fingerprint density at radius 2 is 1.85 bits per heavy atom. The normalized spacial score (nSPS) is 10.8. The van der Waals surface area contributed by atoms with Gasteiger partial charge in [-0.1, -0.05) is 62.4 Å². The van der Waals surface area contributed by atoms with Gasteiger partial charge in [-0.05, 0) is 63.1 Å². The van der Waals surface area contributed by atoms with Crippen molar-refractivity contribution in [3.8, 4) is 5.75 Å². The molecule has 0 saturated carbocycles. The molecular formula is C30H36O4. The van der Waals surface area contributed by atoms with Crippen molar-refractivity contribution < 1.29 is 18.7 Å². The number of hydrogen-bond donors (Lipinski definition) is 0. The van der Waals surface area contributed by atoms with Gasteiger partial charge in [0, 0.05) is 16.5 Å². The molecule has 0 amide bonds. The molecule has 0 fully saturated rings. The maximum absolute atomic E-state index is 11.9. The average molecular weight is 461 g/mol. The van der Waals surface area contributed by atoms with Gasteiger partial charge in [0.1, 0.15) is 23.7 Å². The number of ether oxygens (including phenoxy) is 2. The molecule has 34 heavy (non-hydrogen) atoms. The molecule has 0 N–H and O–H groups in total. The number of furan rings is 1. The van der Waals surface area contributed by atoms with E-state index in [-0.39, 0.29) is 12.4 Å². The Morgan fingerprint density at radius 1 is 1.12 bits per heavy atom. The van der Waals surface area contributed by atoms with E-state index >= 15 is 0 Å².